The van der Waals surface area contributed by atoms with Gasteiger partial charge in [-0.1, -0.05) is 6.08 Å². The average Bonchev–Trinajstić information content (AvgIpc) is 2.67. The summed E-state index contributed by atoms with van der Waals surface area (Å²) in [5, 5.41) is 2.45. The van der Waals surface area contributed by atoms with Gasteiger partial charge in [0.05, 0.1) is 6.61 Å². The average molecular weight is 216 g/mol. The molecule has 5 nitrogen and oxygen atoms in total. The highest BCUT2D eigenvalue weighted by molar-refractivity contribution is 7.98. The number of esters is 1. The Hall–Kier alpha value is -1.17. The molecule has 0 aromatic heterocycles. The first kappa shape index (κ1) is 10.9. The zero-order valence-corrected chi connectivity index (χ0v) is 8.67. The Balaban J connectivity index is 2.20. The number of amides is 2. The summed E-state index contributed by atoms with van der Waals surface area (Å²) in [5.74, 6) is 0.362. The van der Waals surface area contributed by atoms with Crippen molar-refractivity contribution < 1.29 is 14.3 Å². The number of carbonyl (C=O) groups excluding carboxylic acids is 2. The van der Waals surface area contributed by atoms with Crippen LogP contribution in [0.25, 0.3) is 0 Å². The van der Waals surface area contributed by atoms with E-state index in [1.54, 1.807) is 13.1 Å². The van der Waals surface area contributed by atoms with Crippen molar-refractivity contribution in [2.75, 3.05) is 18.9 Å². The fraction of sp³-hybridized carbons (Fsp3) is 0.500. The first-order valence-corrected chi connectivity index (χ1v) is 5.20. The predicted molar refractivity (Wildman–Crippen MR) is 53.5 cm³/mol. The zero-order chi connectivity index (χ0) is 10.4. The van der Waals surface area contributed by atoms with E-state index in [1.807, 2.05) is 6.08 Å². The number of nitrogens with one attached hydrogen (secondary N) is 1. The van der Waals surface area contributed by atoms with E-state index in [0.717, 1.165) is 5.75 Å². The van der Waals surface area contributed by atoms with Crippen molar-refractivity contribution in [3.05, 3.63) is 12.3 Å². The van der Waals surface area contributed by atoms with Gasteiger partial charge in [0, 0.05) is 12.0 Å². The lowest BCUT2D eigenvalue weighted by Gasteiger charge is -2.12. The Bertz CT molecular complexity index is 255. The largest absolute Gasteiger partial charge is 0.465 e. The molecule has 1 aliphatic heterocycles. The van der Waals surface area contributed by atoms with Crippen molar-refractivity contribution in [3.8, 4) is 0 Å². The molecular formula is C8H12N2O3S. The van der Waals surface area contributed by atoms with E-state index in [-0.39, 0.29) is 12.6 Å². The molecule has 0 radical (unpaired) electrons. The Labute approximate surface area is 86.6 Å². The summed E-state index contributed by atoms with van der Waals surface area (Å²) >= 11 is 1.37. The van der Waals surface area contributed by atoms with Crippen LogP contribution >= 0.6 is 11.9 Å². The molecule has 0 spiro atoms. The molecule has 1 heterocycles. The number of carbonyl (C=O) groups is 2. The van der Waals surface area contributed by atoms with Crippen LogP contribution in [0.2, 0.25) is 0 Å². The Kier molecular flexibility index (Phi) is 4.31. The molecule has 0 saturated carbocycles. The lowest BCUT2D eigenvalue weighted by atomic mass is 10.6. The van der Waals surface area contributed by atoms with Crippen LogP contribution in [-0.2, 0) is 9.53 Å². The number of hydrogen-bond donors (Lipinski definition) is 1. The van der Waals surface area contributed by atoms with Crippen LogP contribution in [0, 0.1) is 0 Å². The Morgan fingerprint density at radius 2 is 2.43 bits per heavy atom. The lowest BCUT2D eigenvalue weighted by Crippen LogP contribution is -2.35. The van der Waals surface area contributed by atoms with E-state index in [9.17, 15) is 9.59 Å². The maximum Gasteiger partial charge on any atom is 0.332 e. The molecule has 0 aromatic rings. The summed E-state index contributed by atoms with van der Waals surface area (Å²) in [5.41, 5.74) is 0. The number of urea groups is 1. The van der Waals surface area contributed by atoms with Gasteiger partial charge in [0.2, 0.25) is 0 Å². The van der Waals surface area contributed by atoms with Crippen molar-refractivity contribution in [3.63, 3.8) is 0 Å². The monoisotopic (exact) mass is 216 g/mol. The minimum atomic E-state index is -0.422. The van der Waals surface area contributed by atoms with E-state index >= 15 is 0 Å². The number of nitrogens with zero attached hydrogens (tertiary/aromatic N) is 1. The summed E-state index contributed by atoms with van der Waals surface area (Å²) in [6, 6.07) is -0.295. The molecule has 2 amide bonds. The molecule has 0 aliphatic carbocycles. The van der Waals surface area contributed by atoms with Gasteiger partial charge >= 0.3 is 12.0 Å². The minimum absolute atomic E-state index is 0.0857. The molecule has 0 fully saturated rings. The van der Waals surface area contributed by atoms with Crippen LogP contribution in [0.5, 0.6) is 0 Å². The highest BCUT2D eigenvalue weighted by atomic mass is 32.2. The molecule has 1 rings (SSSR count). The molecular weight excluding hydrogens is 204 g/mol. The number of ether oxygens (including phenoxy) is 1. The van der Waals surface area contributed by atoms with Crippen molar-refractivity contribution >= 4 is 23.9 Å². The van der Waals surface area contributed by atoms with Crippen LogP contribution < -0.4 is 5.32 Å². The summed E-state index contributed by atoms with van der Waals surface area (Å²) in [7, 11) is 0. The quantitative estimate of drug-likeness (QED) is 0.558. The smallest absolute Gasteiger partial charge is 0.332 e. The summed E-state index contributed by atoms with van der Waals surface area (Å²) in [6.45, 7) is 1.96. The van der Waals surface area contributed by atoms with Gasteiger partial charge in [0.25, 0.3) is 0 Å². The molecule has 0 bridgehead atoms. The predicted octanol–water partition coefficient (Wildman–Crippen LogP) is 0.737. The van der Waals surface area contributed by atoms with Gasteiger partial charge in [-0.25, -0.2) is 9.10 Å². The van der Waals surface area contributed by atoms with E-state index in [1.165, 1.54) is 16.3 Å². The van der Waals surface area contributed by atoms with Gasteiger partial charge in [-0.05, 0) is 18.9 Å². The van der Waals surface area contributed by atoms with E-state index in [0.29, 0.717) is 6.61 Å². The molecule has 14 heavy (non-hydrogen) atoms. The van der Waals surface area contributed by atoms with Crippen LogP contribution in [0.15, 0.2) is 12.3 Å². The van der Waals surface area contributed by atoms with Gasteiger partial charge in [-0.15, -0.1) is 0 Å². The third kappa shape index (κ3) is 3.29. The highest BCUT2D eigenvalue weighted by Gasteiger charge is 2.15. The van der Waals surface area contributed by atoms with E-state index in [4.69, 9.17) is 0 Å². The first-order valence-electron chi connectivity index (χ1n) is 4.26. The standard InChI is InChI=1S/C8H12N2O3S/c1-2-13-7(11)6-9-8(12)10-4-3-5-14-10/h3-4H,2,5-6H2,1H3,(H,9,12). The molecule has 6 heteroatoms. The van der Waals surface area contributed by atoms with Gasteiger partial charge in [0.15, 0.2) is 0 Å². The Morgan fingerprint density at radius 1 is 1.64 bits per heavy atom. The molecule has 0 aromatic carbocycles. The topological polar surface area (TPSA) is 58.6 Å². The van der Waals surface area contributed by atoms with E-state index < -0.39 is 5.97 Å². The second-order valence-corrected chi connectivity index (χ2v) is 3.45. The molecule has 1 N–H and O–H groups in total. The molecule has 0 unspecified atom stereocenters. The zero-order valence-electron chi connectivity index (χ0n) is 7.86. The second kappa shape index (κ2) is 5.54. The number of hydrogen-bond acceptors (Lipinski definition) is 4. The fourth-order valence-corrected chi connectivity index (χ4v) is 1.56. The molecule has 78 valence electrons. The van der Waals surface area contributed by atoms with Gasteiger partial charge in [0.1, 0.15) is 6.54 Å². The number of rotatable bonds is 3. The normalized spacial score (nSPS) is 14.2. The maximum absolute atomic E-state index is 11.3. The van der Waals surface area contributed by atoms with Crippen LogP contribution in [0.4, 0.5) is 4.79 Å². The van der Waals surface area contributed by atoms with Crippen LogP contribution in [0.3, 0.4) is 0 Å². The lowest BCUT2D eigenvalue weighted by molar-refractivity contribution is -0.141. The van der Waals surface area contributed by atoms with Crippen molar-refractivity contribution in [2.24, 2.45) is 0 Å². The summed E-state index contributed by atoms with van der Waals surface area (Å²) < 4.78 is 6.10. The molecule has 0 saturated heterocycles. The highest BCUT2D eigenvalue weighted by Crippen LogP contribution is 2.16. The van der Waals surface area contributed by atoms with Crippen molar-refractivity contribution in [1.29, 1.82) is 0 Å². The van der Waals surface area contributed by atoms with Crippen LogP contribution in [0.1, 0.15) is 6.92 Å². The van der Waals surface area contributed by atoms with Crippen LogP contribution in [-0.4, -0.2) is 35.2 Å². The minimum Gasteiger partial charge on any atom is -0.465 e. The molecule has 1 aliphatic rings. The van der Waals surface area contributed by atoms with Gasteiger partial charge < -0.3 is 10.1 Å². The van der Waals surface area contributed by atoms with E-state index in [2.05, 4.69) is 10.1 Å². The summed E-state index contributed by atoms with van der Waals surface area (Å²) in [4.78, 5) is 22.2. The Morgan fingerprint density at radius 3 is 3.00 bits per heavy atom. The third-order valence-electron chi connectivity index (χ3n) is 1.44. The SMILES string of the molecule is CCOC(=O)CNC(=O)N1C=CCS1. The first-order chi connectivity index (χ1) is 6.74. The van der Waals surface area contributed by atoms with Gasteiger partial charge in [-0.3, -0.25) is 4.79 Å². The van der Waals surface area contributed by atoms with Gasteiger partial charge in [-0.2, -0.15) is 0 Å². The third-order valence-corrected chi connectivity index (χ3v) is 2.35. The van der Waals surface area contributed by atoms with Crippen molar-refractivity contribution in [2.45, 2.75) is 6.92 Å². The summed E-state index contributed by atoms with van der Waals surface area (Å²) in [6.07, 6.45) is 3.54. The molecule has 0 atom stereocenters. The second-order valence-electron chi connectivity index (χ2n) is 2.47. The van der Waals surface area contributed by atoms with Crippen molar-refractivity contribution in [1.82, 2.24) is 9.62 Å². The maximum atomic E-state index is 11.3. The fourth-order valence-electron chi connectivity index (χ4n) is 0.869.